The van der Waals surface area contributed by atoms with Crippen LogP contribution >= 0.6 is 0 Å². The largest absolute Gasteiger partial charge is 0.351 e. The van der Waals surface area contributed by atoms with Crippen molar-refractivity contribution in [1.29, 1.82) is 0 Å². The number of rotatable bonds is 6. The summed E-state index contributed by atoms with van der Waals surface area (Å²) in [5.74, 6) is 0.240. The van der Waals surface area contributed by atoms with Crippen molar-refractivity contribution in [1.82, 2.24) is 15.5 Å². The summed E-state index contributed by atoms with van der Waals surface area (Å²) >= 11 is 0. The van der Waals surface area contributed by atoms with Gasteiger partial charge in [0.15, 0.2) is 0 Å². The van der Waals surface area contributed by atoms with E-state index in [1.807, 2.05) is 0 Å². The first-order chi connectivity index (χ1) is 9.02. The summed E-state index contributed by atoms with van der Waals surface area (Å²) in [6.45, 7) is 7.43. The van der Waals surface area contributed by atoms with Gasteiger partial charge in [-0.2, -0.15) is 0 Å². The number of hydrogen-bond donors (Lipinski definition) is 3. The first-order valence-corrected chi connectivity index (χ1v) is 7.08. The highest BCUT2D eigenvalue weighted by Gasteiger charge is 2.25. The lowest BCUT2D eigenvalue weighted by Gasteiger charge is -2.35. The molecule has 3 amide bonds. The Bertz CT molecular complexity index is 309. The van der Waals surface area contributed by atoms with Crippen LogP contribution in [0, 0.1) is 5.92 Å². The highest BCUT2D eigenvalue weighted by Crippen LogP contribution is 2.19. The Kier molecular flexibility index (Phi) is 6.80. The highest BCUT2D eigenvalue weighted by molar-refractivity contribution is 5.94. The number of nitrogens with zero attached hydrogens (tertiary/aromatic N) is 1. The summed E-state index contributed by atoms with van der Waals surface area (Å²) in [4.78, 5) is 24.2. The SMILES string of the molecule is CCCNC(C)C1CCCN(CC(=O)NC(N)=O)C1. The summed E-state index contributed by atoms with van der Waals surface area (Å²) in [5, 5.41) is 5.62. The molecule has 0 saturated carbocycles. The molecule has 2 unspecified atom stereocenters. The highest BCUT2D eigenvalue weighted by atomic mass is 16.2. The van der Waals surface area contributed by atoms with E-state index in [1.165, 1.54) is 6.42 Å². The molecule has 6 nitrogen and oxygen atoms in total. The molecule has 0 aromatic carbocycles. The normalized spacial score (nSPS) is 21.9. The number of carbonyl (C=O) groups excluding carboxylic acids is 2. The zero-order valence-corrected chi connectivity index (χ0v) is 11.9. The number of piperidine rings is 1. The van der Waals surface area contributed by atoms with E-state index in [0.717, 1.165) is 32.5 Å². The smallest absolute Gasteiger partial charge is 0.318 e. The fourth-order valence-corrected chi connectivity index (χ4v) is 2.56. The van der Waals surface area contributed by atoms with Gasteiger partial charge in [0.1, 0.15) is 0 Å². The molecule has 6 heteroatoms. The van der Waals surface area contributed by atoms with Crippen LogP contribution in [0.4, 0.5) is 4.79 Å². The van der Waals surface area contributed by atoms with Crippen molar-refractivity contribution < 1.29 is 9.59 Å². The molecule has 0 aromatic heterocycles. The van der Waals surface area contributed by atoms with Crippen molar-refractivity contribution in [3.8, 4) is 0 Å². The lowest BCUT2D eigenvalue weighted by atomic mass is 9.91. The number of amides is 3. The molecule has 0 bridgehead atoms. The first-order valence-electron chi connectivity index (χ1n) is 7.08. The molecule has 2 atom stereocenters. The maximum Gasteiger partial charge on any atom is 0.318 e. The number of primary amides is 1. The van der Waals surface area contributed by atoms with Crippen LogP contribution in [0.1, 0.15) is 33.1 Å². The summed E-state index contributed by atoms with van der Waals surface area (Å²) in [6, 6.07) is -0.321. The number of hydrogen-bond acceptors (Lipinski definition) is 4. The van der Waals surface area contributed by atoms with Gasteiger partial charge >= 0.3 is 6.03 Å². The van der Waals surface area contributed by atoms with Gasteiger partial charge in [-0.15, -0.1) is 0 Å². The molecule has 19 heavy (non-hydrogen) atoms. The maximum absolute atomic E-state index is 11.5. The van der Waals surface area contributed by atoms with E-state index < -0.39 is 6.03 Å². The van der Waals surface area contributed by atoms with Crippen LogP contribution in [0.3, 0.4) is 0 Å². The molecular formula is C13H26N4O2. The Morgan fingerprint density at radius 3 is 2.84 bits per heavy atom. The molecule has 0 spiro atoms. The van der Waals surface area contributed by atoms with E-state index in [-0.39, 0.29) is 12.5 Å². The minimum atomic E-state index is -0.781. The van der Waals surface area contributed by atoms with Crippen LogP contribution in [0.5, 0.6) is 0 Å². The summed E-state index contributed by atoms with van der Waals surface area (Å²) in [6.07, 6.45) is 3.40. The van der Waals surface area contributed by atoms with Gasteiger partial charge in [0.05, 0.1) is 6.54 Å². The molecule has 1 fully saturated rings. The molecule has 1 saturated heterocycles. The van der Waals surface area contributed by atoms with E-state index in [9.17, 15) is 9.59 Å². The fraction of sp³-hybridized carbons (Fsp3) is 0.846. The van der Waals surface area contributed by atoms with Crippen molar-refractivity contribution in [3.05, 3.63) is 0 Å². The van der Waals surface area contributed by atoms with Crippen molar-refractivity contribution >= 4 is 11.9 Å². The zero-order valence-electron chi connectivity index (χ0n) is 11.9. The van der Waals surface area contributed by atoms with E-state index >= 15 is 0 Å². The predicted octanol–water partition coefficient (Wildman–Crippen LogP) is 0.281. The van der Waals surface area contributed by atoms with E-state index in [0.29, 0.717) is 12.0 Å². The molecule has 0 radical (unpaired) electrons. The van der Waals surface area contributed by atoms with Crippen LogP contribution in [-0.2, 0) is 4.79 Å². The minimum absolute atomic E-state index is 0.250. The molecule has 1 aliphatic heterocycles. The first kappa shape index (κ1) is 15.9. The molecule has 110 valence electrons. The second kappa shape index (κ2) is 8.12. The van der Waals surface area contributed by atoms with Gasteiger partial charge in [0, 0.05) is 12.6 Å². The number of urea groups is 1. The van der Waals surface area contributed by atoms with Crippen LogP contribution < -0.4 is 16.4 Å². The second-order valence-electron chi connectivity index (χ2n) is 5.29. The third kappa shape index (κ3) is 6.02. The van der Waals surface area contributed by atoms with E-state index in [4.69, 9.17) is 5.73 Å². The monoisotopic (exact) mass is 270 g/mol. The van der Waals surface area contributed by atoms with Crippen molar-refractivity contribution in [2.75, 3.05) is 26.2 Å². The third-order valence-corrected chi connectivity index (χ3v) is 3.60. The number of nitrogens with one attached hydrogen (secondary N) is 2. The van der Waals surface area contributed by atoms with Gasteiger partial charge in [-0.3, -0.25) is 15.0 Å². The second-order valence-corrected chi connectivity index (χ2v) is 5.29. The van der Waals surface area contributed by atoms with Crippen molar-refractivity contribution in [2.24, 2.45) is 11.7 Å². The molecule has 0 aliphatic carbocycles. The van der Waals surface area contributed by atoms with Crippen LogP contribution in [0.2, 0.25) is 0 Å². The van der Waals surface area contributed by atoms with E-state index in [1.54, 1.807) is 0 Å². The lowest BCUT2D eigenvalue weighted by Crippen LogP contribution is -2.48. The van der Waals surface area contributed by atoms with Crippen molar-refractivity contribution in [3.63, 3.8) is 0 Å². The topological polar surface area (TPSA) is 87.5 Å². The molecule has 1 aliphatic rings. The van der Waals surface area contributed by atoms with Crippen LogP contribution in [-0.4, -0.2) is 49.1 Å². The number of nitrogens with two attached hydrogens (primary N) is 1. The van der Waals surface area contributed by atoms with Crippen LogP contribution in [0.15, 0.2) is 0 Å². The lowest BCUT2D eigenvalue weighted by molar-refractivity contribution is -0.121. The Balaban J connectivity index is 2.37. The van der Waals surface area contributed by atoms with Gasteiger partial charge in [-0.1, -0.05) is 6.92 Å². The van der Waals surface area contributed by atoms with Gasteiger partial charge in [0.2, 0.25) is 5.91 Å². The molecule has 1 rings (SSSR count). The third-order valence-electron chi connectivity index (χ3n) is 3.60. The van der Waals surface area contributed by atoms with Gasteiger partial charge in [-0.05, 0) is 45.2 Å². The predicted molar refractivity (Wildman–Crippen MR) is 74.6 cm³/mol. The van der Waals surface area contributed by atoms with E-state index in [2.05, 4.69) is 29.4 Å². The minimum Gasteiger partial charge on any atom is -0.351 e. The summed E-state index contributed by atoms with van der Waals surface area (Å²) in [5.41, 5.74) is 4.93. The maximum atomic E-state index is 11.5. The average molecular weight is 270 g/mol. The van der Waals surface area contributed by atoms with Gasteiger partial charge < -0.3 is 11.1 Å². The Morgan fingerprint density at radius 1 is 1.47 bits per heavy atom. The number of imide groups is 1. The van der Waals surface area contributed by atoms with Gasteiger partial charge in [-0.25, -0.2) is 4.79 Å². The fourth-order valence-electron chi connectivity index (χ4n) is 2.56. The van der Waals surface area contributed by atoms with Crippen molar-refractivity contribution in [2.45, 2.75) is 39.2 Å². The Morgan fingerprint density at radius 2 is 2.21 bits per heavy atom. The molecule has 1 heterocycles. The molecular weight excluding hydrogens is 244 g/mol. The Labute approximate surface area is 115 Å². The van der Waals surface area contributed by atoms with Crippen LogP contribution in [0.25, 0.3) is 0 Å². The van der Waals surface area contributed by atoms with Gasteiger partial charge in [0.25, 0.3) is 0 Å². The molecule has 0 aromatic rings. The number of carbonyl (C=O) groups is 2. The summed E-state index contributed by atoms with van der Waals surface area (Å²) in [7, 11) is 0. The quantitative estimate of drug-likeness (QED) is 0.647. The number of likely N-dealkylation sites (tertiary alicyclic amines) is 1. The Hall–Kier alpha value is -1.14. The molecule has 4 N–H and O–H groups in total. The summed E-state index contributed by atoms with van der Waals surface area (Å²) < 4.78 is 0. The zero-order chi connectivity index (χ0) is 14.3. The standard InChI is InChI=1S/C13H26N4O2/c1-3-6-15-10(2)11-5-4-7-17(8-11)9-12(18)16-13(14)19/h10-11,15H,3-9H2,1-2H3,(H3,14,16,18,19). The average Bonchev–Trinajstić information content (AvgIpc) is 2.35.